The number of nitriles is 1. The molecule has 1 aliphatic heterocycles. The number of nitrogens with one attached hydrogen (secondary N) is 1. The van der Waals surface area contributed by atoms with Crippen LogP contribution in [0.25, 0.3) is 6.08 Å². The molecule has 1 heterocycles. The van der Waals surface area contributed by atoms with Gasteiger partial charge in [-0.3, -0.25) is 4.79 Å². The van der Waals surface area contributed by atoms with Crippen molar-refractivity contribution in [2.24, 2.45) is 0 Å². The van der Waals surface area contributed by atoms with E-state index in [0.29, 0.717) is 5.69 Å². The Morgan fingerprint density at radius 2 is 2.08 bits per heavy atom. The highest BCUT2D eigenvalue weighted by molar-refractivity contribution is 6.10. The first-order chi connectivity index (χ1) is 12.0. The van der Waals surface area contributed by atoms with E-state index in [0.717, 1.165) is 34.4 Å². The molecule has 1 N–H and O–H groups in total. The van der Waals surface area contributed by atoms with Gasteiger partial charge in [-0.25, -0.2) is 0 Å². The van der Waals surface area contributed by atoms with Gasteiger partial charge in [-0.15, -0.1) is 0 Å². The van der Waals surface area contributed by atoms with Crippen molar-refractivity contribution in [3.05, 3.63) is 64.2 Å². The molecule has 0 fully saturated rings. The summed E-state index contributed by atoms with van der Waals surface area (Å²) in [7, 11) is 0. The van der Waals surface area contributed by atoms with Crippen LogP contribution in [-0.2, 0) is 11.2 Å². The highest BCUT2D eigenvalue weighted by atomic mass is 16.5. The van der Waals surface area contributed by atoms with Crippen LogP contribution >= 0.6 is 0 Å². The number of ether oxygens (including phenoxy) is 1. The van der Waals surface area contributed by atoms with Gasteiger partial charge in [0.15, 0.2) is 0 Å². The van der Waals surface area contributed by atoms with Crippen LogP contribution in [-0.4, -0.2) is 12.0 Å². The summed E-state index contributed by atoms with van der Waals surface area (Å²) in [5.41, 5.74) is 4.81. The number of nitrogens with zero attached hydrogens (tertiary/aromatic N) is 1. The first kappa shape index (κ1) is 16.8. The van der Waals surface area contributed by atoms with Crippen LogP contribution in [0.4, 0.5) is 5.69 Å². The number of rotatable bonds is 3. The minimum atomic E-state index is -0.403. The molecule has 4 heteroatoms. The molecule has 1 amide bonds. The molecule has 0 saturated carbocycles. The third kappa shape index (κ3) is 3.72. The second-order valence-corrected chi connectivity index (χ2v) is 6.44. The average molecular weight is 332 g/mol. The van der Waals surface area contributed by atoms with Crippen molar-refractivity contribution in [1.82, 2.24) is 0 Å². The zero-order valence-corrected chi connectivity index (χ0v) is 14.6. The summed E-state index contributed by atoms with van der Waals surface area (Å²) in [6, 6.07) is 13.5. The van der Waals surface area contributed by atoms with Gasteiger partial charge in [-0.2, -0.15) is 5.26 Å². The molecule has 0 saturated heterocycles. The van der Waals surface area contributed by atoms with E-state index in [-0.39, 0.29) is 11.7 Å². The van der Waals surface area contributed by atoms with Crippen molar-refractivity contribution < 1.29 is 9.53 Å². The van der Waals surface area contributed by atoms with Crippen molar-refractivity contribution in [3.63, 3.8) is 0 Å². The fourth-order valence-corrected chi connectivity index (χ4v) is 2.99. The fourth-order valence-electron chi connectivity index (χ4n) is 2.99. The average Bonchev–Trinajstić information content (AvgIpc) is 2.94. The standard InChI is InChI=1S/C21H20N2O2/c1-13-4-6-19(14(2)8-13)23-21(24)18(12-22)11-16-5-7-20-17(10-16)9-15(3)25-20/h4-8,10-11,15H,9H2,1-3H3,(H,23,24)/b18-11+/t15-/m1/s1. The third-order valence-electron chi connectivity index (χ3n) is 4.23. The molecule has 0 bridgehead atoms. The lowest BCUT2D eigenvalue weighted by atomic mass is 10.0. The quantitative estimate of drug-likeness (QED) is 0.678. The van der Waals surface area contributed by atoms with Gasteiger partial charge < -0.3 is 10.1 Å². The molecule has 126 valence electrons. The summed E-state index contributed by atoms with van der Waals surface area (Å²) in [4.78, 5) is 12.4. The van der Waals surface area contributed by atoms with Gasteiger partial charge >= 0.3 is 0 Å². The van der Waals surface area contributed by atoms with E-state index in [4.69, 9.17) is 4.74 Å². The van der Waals surface area contributed by atoms with E-state index in [9.17, 15) is 10.1 Å². The molecule has 0 aromatic heterocycles. The largest absolute Gasteiger partial charge is 0.490 e. The van der Waals surface area contributed by atoms with Gasteiger partial charge in [0.05, 0.1) is 0 Å². The third-order valence-corrected chi connectivity index (χ3v) is 4.23. The fraction of sp³-hybridized carbons (Fsp3) is 0.238. The van der Waals surface area contributed by atoms with E-state index in [1.807, 2.05) is 63.2 Å². The maximum absolute atomic E-state index is 12.4. The maximum atomic E-state index is 12.4. The summed E-state index contributed by atoms with van der Waals surface area (Å²) in [6.45, 7) is 5.95. The van der Waals surface area contributed by atoms with Gasteiger partial charge in [0, 0.05) is 12.1 Å². The zero-order valence-electron chi connectivity index (χ0n) is 14.6. The van der Waals surface area contributed by atoms with Crippen LogP contribution in [0.1, 0.15) is 29.2 Å². The second kappa shape index (κ2) is 6.82. The summed E-state index contributed by atoms with van der Waals surface area (Å²) in [5.74, 6) is 0.474. The Bertz CT molecular complexity index is 907. The molecule has 0 aliphatic carbocycles. The molecule has 0 radical (unpaired) electrons. The number of hydrogen-bond donors (Lipinski definition) is 1. The molecule has 0 spiro atoms. The Morgan fingerprint density at radius 3 is 2.80 bits per heavy atom. The highest BCUT2D eigenvalue weighted by Crippen LogP contribution is 2.30. The van der Waals surface area contributed by atoms with E-state index < -0.39 is 5.91 Å². The van der Waals surface area contributed by atoms with Crippen LogP contribution < -0.4 is 10.1 Å². The summed E-state index contributed by atoms with van der Waals surface area (Å²) >= 11 is 0. The van der Waals surface area contributed by atoms with Crippen LogP contribution in [0.3, 0.4) is 0 Å². The van der Waals surface area contributed by atoms with Gasteiger partial charge in [0.2, 0.25) is 0 Å². The van der Waals surface area contributed by atoms with Crippen molar-refractivity contribution >= 4 is 17.7 Å². The van der Waals surface area contributed by atoms with E-state index in [2.05, 4.69) is 5.32 Å². The lowest BCUT2D eigenvalue weighted by Gasteiger charge is -2.08. The number of carbonyl (C=O) groups is 1. The lowest BCUT2D eigenvalue weighted by molar-refractivity contribution is -0.112. The number of amides is 1. The molecule has 3 rings (SSSR count). The highest BCUT2D eigenvalue weighted by Gasteiger charge is 2.19. The first-order valence-electron chi connectivity index (χ1n) is 8.26. The Morgan fingerprint density at radius 1 is 1.28 bits per heavy atom. The molecule has 1 atom stereocenters. The molecule has 0 unspecified atom stereocenters. The minimum Gasteiger partial charge on any atom is -0.490 e. The number of aryl methyl sites for hydroxylation is 2. The Hall–Kier alpha value is -3.06. The van der Waals surface area contributed by atoms with E-state index >= 15 is 0 Å². The number of anilines is 1. The van der Waals surface area contributed by atoms with Crippen molar-refractivity contribution in [1.29, 1.82) is 5.26 Å². The number of benzene rings is 2. The molecule has 1 aliphatic rings. The van der Waals surface area contributed by atoms with Crippen LogP contribution in [0.5, 0.6) is 5.75 Å². The molecule has 2 aromatic rings. The first-order valence-corrected chi connectivity index (χ1v) is 8.26. The lowest BCUT2D eigenvalue weighted by Crippen LogP contribution is -2.14. The SMILES string of the molecule is Cc1ccc(NC(=O)/C(C#N)=C/c2ccc3c(c2)C[C@@H](C)O3)c(C)c1. The van der Waals surface area contributed by atoms with Gasteiger partial charge in [0.25, 0.3) is 5.91 Å². The number of carbonyl (C=O) groups excluding carboxylic acids is 1. The van der Waals surface area contributed by atoms with Crippen molar-refractivity contribution in [2.75, 3.05) is 5.32 Å². The molecular formula is C21H20N2O2. The Balaban J connectivity index is 1.82. The van der Waals surface area contributed by atoms with Crippen LogP contribution in [0.2, 0.25) is 0 Å². The number of hydrogen-bond acceptors (Lipinski definition) is 3. The normalized spacial score (nSPS) is 15.9. The summed E-state index contributed by atoms with van der Waals surface area (Å²) in [5, 5.41) is 12.2. The van der Waals surface area contributed by atoms with Crippen LogP contribution in [0, 0.1) is 25.2 Å². The number of fused-ring (bicyclic) bond motifs is 1. The minimum absolute atomic E-state index is 0.0758. The van der Waals surface area contributed by atoms with Gasteiger partial charge in [-0.1, -0.05) is 23.8 Å². The van der Waals surface area contributed by atoms with Crippen LogP contribution in [0.15, 0.2) is 42.0 Å². The van der Waals surface area contributed by atoms with E-state index in [1.54, 1.807) is 6.08 Å². The predicted molar refractivity (Wildman–Crippen MR) is 98.4 cm³/mol. The smallest absolute Gasteiger partial charge is 0.266 e. The maximum Gasteiger partial charge on any atom is 0.266 e. The second-order valence-electron chi connectivity index (χ2n) is 6.44. The molecular weight excluding hydrogens is 312 g/mol. The summed E-state index contributed by atoms with van der Waals surface area (Å²) in [6.07, 6.45) is 2.62. The van der Waals surface area contributed by atoms with Gasteiger partial charge in [-0.05, 0) is 61.7 Å². The molecule has 2 aromatic carbocycles. The predicted octanol–water partition coefficient (Wildman–Crippen LogP) is 4.17. The molecule has 4 nitrogen and oxygen atoms in total. The monoisotopic (exact) mass is 332 g/mol. The van der Waals surface area contributed by atoms with Gasteiger partial charge in [0.1, 0.15) is 23.5 Å². The molecule has 25 heavy (non-hydrogen) atoms. The zero-order chi connectivity index (χ0) is 18.0. The summed E-state index contributed by atoms with van der Waals surface area (Å²) < 4.78 is 5.68. The van der Waals surface area contributed by atoms with Crippen molar-refractivity contribution in [2.45, 2.75) is 33.3 Å². The van der Waals surface area contributed by atoms with E-state index in [1.165, 1.54) is 0 Å². The Kier molecular flexibility index (Phi) is 4.58. The topological polar surface area (TPSA) is 62.1 Å². The Labute approximate surface area is 147 Å². The van der Waals surface area contributed by atoms with Crippen molar-refractivity contribution in [3.8, 4) is 11.8 Å².